The van der Waals surface area contributed by atoms with Crippen LogP contribution in [0.15, 0.2) is 21.9 Å². The number of rotatable bonds is 5. The maximum atomic E-state index is 11.8. The van der Waals surface area contributed by atoms with Gasteiger partial charge in [-0.15, -0.1) is 0 Å². The minimum absolute atomic E-state index is 0.0828. The second-order valence-electron chi connectivity index (χ2n) is 4.08. The smallest absolute Gasteiger partial charge is 0.301 e. The first-order valence-corrected chi connectivity index (χ1v) is 5.84. The molecular weight excluding hydrogens is 220 g/mol. The summed E-state index contributed by atoms with van der Waals surface area (Å²) in [6, 6.07) is 1.31. The summed E-state index contributed by atoms with van der Waals surface area (Å²) in [5.74, 6) is -0.211. The Morgan fingerprint density at radius 1 is 1.35 bits per heavy atom. The Morgan fingerprint density at radius 3 is 2.53 bits per heavy atom. The van der Waals surface area contributed by atoms with Gasteiger partial charge in [0.05, 0.1) is 6.54 Å². The summed E-state index contributed by atoms with van der Waals surface area (Å²) in [5, 5.41) is 0. The zero-order valence-electron chi connectivity index (χ0n) is 10.5. The van der Waals surface area contributed by atoms with Crippen molar-refractivity contribution in [2.45, 2.75) is 40.3 Å². The van der Waals surface area contributed by atoms with Crippen LogP contribution in [0.25, 0.3) is 0 Å². The number of carbonyl (C=O) groups is 1. The lowest BCUT2D eigenvalue weighted by Crippen LogP contribution is -2.41. The van der Waals surface area contributed by atoms with Gasteiger partial charge in [-0.3, -0.25) is 14.2 Å². The first-order valence-electron chi connectivity index (χ1n) is 5.84. The van der Waals surface area contributed by atoms with Crippen molar-refractivity contribution in [2.24, 2.45) is 5.92 Å². The first kappa shape index (κ1) is 13.4. The molecule has 0 saturated heterocycles. The third-order valence-electron chi connectivity index (χ3n) is 2.96. The van der Waals surface area contributed by atoms with E-state index in [-0.39, 0.29) is 18.2 Å². The molecule has 1 rings (SSSR count). The molecule has 0 fully saturated rings. The minimum Gasteiger partial charge on any atom is -0.301 e. The molecule has 0 spiro atoms. The number of hydrogen-bond acceptors (Lipinski definition) is 3. The van der Waals surface area contributed by atoms with Crippen molar-refractivity contribution in [3.8, 4) is 0 Å². The number of aromatic nitrogens is 2. The molecule has 1 unspecified atom stereocenters. The third-order valence-corrected chi connectivity index (χ3v) is 2.96. The zero-order chi connectivity index (χ0) is 13.0. The monoisotopic (exact) mass is 238 g/mol. The summed E-state index contributed by atoms with van der Waals surface area (Å²) in [4.78, 5) is 35.1. The fraction of sp³-hybridized carbons (Fsp3) is 0.583. The Hall–Kier alpha value is -1.65. The molecule has 1 heterocycles. The van der Waals surface area contributed by atoms with Gasteiger partial charge in [-0.25, -0.2) is 4.79 Å². The fourth-order valence-electron chi connectivity index (χ4n) is 1.48. The quantitative estimate of drug-likeness (QED) is 0.756. The van der Waals surface area contributed by atoms with Crippen LogP contribution in [0.4, 0.5) is 0 Å². The Bertz CT molecular complexity index is 513. The van der Waals surface area contributed by atoms with Crippen LogP contribution in [-0.2, 0) is 17.9 Å². The molecule has 1 aromatic rings. The number of Topliss-reactive ketones (excluding diaryl/α,β-unsaturated/α-hetero) is 1. The van der Waals surface area contributed by atoms with Gasteiger partial charge in [-0.2, -0.15) is 0 Å². The van der Waals surface area contributed by atoms with Crippen LogP contribution in [0.5, 0.6) is 0 Å². The number of ketones is 1. The predicted molar refractivity (Wildman–Crippen MR) is 65.1 cm³/mol. The summed E-state index contributed by atoms with van der Waals surface area (Å²) in [6.45, 7) is 5.87. The average molecular weight is 238 g/mol. The zero-order valence-corrected chi connectivity index (χ0v) is 10.5. The van der Waals surface area contributed by atoms with E-state index in [9.17, 15) is 14.4 Å². The van der Waals surface area contributed by atoms with Gasteiger partial charge >= 0.3 is 5.69 Å². The van der Waals surface area contributed by atoms with Crippen molar-refractivity contribution in [1.29, 1.82) is 0 Å². The Balaban J connectivity index is 3.11. The second kappa shape index (κ2) is 5.61. The van der Waals surface area contributed by atoms with Crippen LogP contribution >= 0.6 is 0 Å². The Labute approximate surface area is 99.7 Å². The summed E-state index contributed by atoms with van der Waals surface area (Å²) in [7, 11) is 0. The van der Waals surface area contributed by atoms with E-state index in [0.29, 0.717) is 13.0 Å². The fourth-order valence-corrected chi connectivity index (χ4v) is 1.48. The van der Waals surface area contributed by atoms with E-state index < -0.39 is 11.2 Å². The molecule has 5 heteroatoms. The molecular formula is C12H18N2O3. The molecule has 94 valence electrons. The van der Waals surface area contributed by atoms with Gasteiger partial charge < -0.3 is 4.57 Å². The second-order valence-corrected chi connectivity index (χ2v) is 4.08. The van der Waals surface area contributed by atoms with Gasteiger partial charge in [-0.05, 0) is 13.3 Å². The van der Waals surface area contributed by atoms with Crippen LogP contribution in [0.1, 0.15) is 27.2 Å². The summed E-state index contributed by atoms with van der Waals surface area (Å²) >= 11 is 0. The SMILES string of the molecule is CCC(C)C(=O)Cn1c(=O)ccn(CC)c1=O. The molecule has 0 bridgehead atoms. The van der Waals surface area contributed by atoms with Crippen molar-refractivity contribution >= 4 is 5.78 Å². The highest BCUT2D eigenvalue weighted by atomic mass is 16.2. The molecule has 0 aliphatic rings. The molecule has 0 radical (unpaired) electrons. The van der Waals surface area contributed by atoms with Gasteiger partial charge in [0.25, 0.3) is 5.56 Å². The number of carbonyl (C=O) groups excluding carboxylic acids is 1. The number of aryl methyl sites for hydroxylation is 1. The van der Waals surface area contributed by atoms with Crippen LogP contribution in [-0.4, -0.2) is 14.9 Å². The predicted octanol–water partition coefficient (Wildman–Crippen LogP) is 0.645. The van der Waals surface area contributed by atoms with E-state index in [1.807, 2.05) is 13.8 Å². The van der Waals surface area contributed by atoms with E-state index in [1.54, 1.807) is 6.92 Å². The minimum atomic E-state index is -0.420. The lowest BCUT2D eigenvalue weighted by atomic mass is 10.0. The molecule has 0 saturated carbocycles. The highest BCUT2D eigenvalue weighted by molar-refractivity contribution is 5.80. The van der Waals surface area contributed by atoms with Crippen molar-refractivity contribution in [3.05, 3.63) is 33.1 Å². The average Bonchev–Trinajstić information content (AvgIpc) is 2.33. The molecule has 0 aliphatic carbocycles. The van der Waals surface area contributed by atoms with Gasteiger partial charge in [0.1, 0.15) is 0 Å². The maximum absolute atomic E-state index is 11.8. The van der Waals surface area contributed by atoms with Crippen molar-refractivity contribution in [3.63, 3.8) is 0 Å². The molecule has 0 aliphatic heterocycles. The van der Waals surface area contributed by atoms with Crippen molar-refractivity contribution in [2.75, 3.05) is 0 Å². The van der Waals surface area contributed by atoms with Gasteiger partial charge in [0, 0.05) is 24.7 Å². The third kappa shape index (κ3) is 2.93. The standard InChI is InChI=1S/C12H18N2O3/c1-4-9(3)10(15)8-14-11(16)6-7-13(5-2)12(14)17/h6-7,9H,4-5,8H2,1-3H3. The highest BCUT2D eigenvalue weighted by Crippen LogP contribution is 2.02. The maximum Gasteiger partial charge on any atom is 0.331 e. The van der Waals surface area contributed by atoms with E-state index in [0.717, 1.165) is 4.57 Å². The molecule has 5 nitrogen and oxygen atoms in total. The summed E-state index contributed by atoms with van der Waals surface area (Å²) in [5.41, 5.74) is -0.840. The van der Waals surface area contributed by atoms with Crippen LogP contribution in [0, 0.1) is 5.92 Å². The summed E-state index contributed by atoms with van der Waals surface area (Å²) in [6.07, 6.45) is 2.16. The highest BCUT2D eigenvalue weighted by Gasteiger charge is 2.14. The molecule has 1 atom stereocenters. The number of hydrogen-bond donors (Lipinski definition) is 0. The van der Waals surface area contributed by atoms with E-state index in [4.69, 9.17) is 0 Å². The lowest BCUT2D eigenvalue weighted by Gasteiger charge is -2.10. The molecule has 0 aromatic carbocycles. The van der Waals surface area contributed by atoms with Crippen LogP contribution in [0.2, 0.25) is 0 Å². The Kier molecular flexibility index (Phi) is 4.43. The van der Waals surface area contributed by atoms with Gasteiger partial charge in [-0.1, -0.05) is 13.8 Å². The van der Waals surface area contributed by atoms with Crippen LogP contribution in [0.3, 0.4) is 0 Å². The number of nitrogens with zero attached hydrogens (tertiary/aromatic N) is 2. The van der Waals surface area contributed by atoms with E-state index in [1.165, 1.54) is 16.8 Å². The van der Waals surface area contributed by atoms with Gasteiger partial charge in [0.2, 0.25) is 0 Å². The molecule has 1 aromatic heterocycles. The largest absolute Gasteiger partial charge is 0.331 e. The van der Waals surface area contributed by atoms with Crippen LogP contribution < -0.4 is 11.2 Å². The molecule has 17 heavy (non-hydrogen) atoms. The van der Waals surface area contributed by atoms with E-state index in [2.05, 4.69) is 0 Å². The lowest BCUT2D eigenvalue weighted by molar-refractivity contribution is -0.123. The van der Waals surface area contributed by atoms with Gasteiger partial charge in [0.15, 0.2) is 5.78 Å². The van der Waals surface area contributed by atoms with Crippen molar-refractivity contribution < 1.29 is 4.79 Å². The molecule has 0 amide bonds. The molecule has 0 N–H and O–H groups in total. The topological polar surface area (TPSA) is 61.1 Å². The normalized spacial score (nSPS) is 12.4. The first-order chi connectivity index (χ1) is 8.01. The van der Waals surface area contributed by atoms with Crippen molar-refractivity contribution in [1.82, 2.24) is 9.13 Å². The van der Waals surface area contributed by atoms with E-state index >= 15 is 0 Å². The summed E-state index contributed by atoms with van der Waals surface area (Å²) < 4.78 is 2.41. The Morgan fingerprint density at radius 2 is 2.00 bits per heavy atom.